The van der Waals surface area contributed by atoms with Gasteiger partial charge in [0.2, 0.25) is 0 Å². The molecule has 1 saturated heterocycles. The minimum absolute atomic E-state index is 0.0918. The first kappa shape index (κ1) is 20.8. The molecule has 0 atom stereocenters. The second kappa shape index (κ2) is 9.98. The number of imide groups is 1. The molecule has 9 heteroatoms. The summed E-state index contributed by atoms with van der Waals surface area (Å²) in [5.74, 6) is -0.889. The molecule has 0 saturated carbocycles. The van der Waals surface area contributed by atoms with E-state index < -0.39 is 17.9 Å². The van der Waals surface area contributed by atoms with Crippen molar-refractivity contribution in [2.75, 3.05) is 26.3 Å². The number of hydrogen-bond acceptors (Lipinski definition) is 6. The quantitative estimate of drug-likeness (QED) is 0.552. The topological polar surface area (TPSA) is 111 Å². The van der Waals surface area contributed by atoms with E-state index in [0.717, 1.165) is 0 Å². The molecule has 3 amide bonds. The maximum absolute atomic E-state index is 12.3. The smallest absolute Gasteiger partial charge is 0.332 e. The van der Waals surface area contributed by atoms with Crippen molar-refractivity contribution >= 4 is 35.1 Å². The molecule has 2 rings (SSSR count). The van der Waals surface area contributed by atoms with Gasteiger partial charge in [-0.1, -0.05) is 24.4 Å². The summed E-state index contributed by atoms with van der Waals surface area (Å²) >= 11 is 4.86. The molecular weight excluding hydrogens is 370 g/mol. The van der Waals surface area contributed by atoms with Crippen LogP contribution in [0, 0.1) is 0 Å². The lowest BCUT2D eigenvalue weighted by atomic mass is 10.1. The Morgan fingerprint density at radius 3 is 2.33 bits per heavy atom. The molecule has 1 aliphatic heterocycles. The van der Waals surface area contributed by atoms with Gasteiger partial charge >= 0.3 is 12.0 Å². The van der Waals surface area contributed by atoms with Gasteiger partial charge in [0.25, 0.3) is 5.91 Å². The summed E-state index contributed by atoms with van der Waals surface area (Å²) in [6.07, 6.45) is 1.06. The predicted octanol–water partition coefficient (Wildman–Crippen LogP) is 1.21. The van der Waals surface area contributed by atoms with E-state index >= 15 is 0 Å². The van der Waals surface area contributed by atoms with E-state index in [1.165, 1.54) is 0 Å². The molecule has 1 heterocycles. The molecule has 8 nitrogen and oxygen atoms in total. The number of nitrogens with two attached hydrogens (primary N) is 1. The van der Waals surface area contributed by atoms with Crippen molar-refractivity contribution in [1.82, 2.24) is 10.2 Å². The normalized spacial score (nSPS) is 14.5. The minimum Gasteiger partial charge on any atom is -0.464 e. The van der Waals surface area contributed by atoms with Gasteiger partial charge in [-0.2, -0.15) is 0 Å². The maximum atomic E-state index is 12.3. The maximum Gasteiger partial charge on any atom is 0.332 e. The number of likely N-dealkylation sites (tertiary alicyclic amines) is 1. The van der Waals surface area contributed by atoms with Gasteiger partial charge in [-0.25, -0.2) is 9.59 Å². The standard InChI is InChI=1S/C18H23N3O5S/c1-2-25-15(22)11-26-14-7-9-21(10-8-14)18(24)20-17(23)13-5-3-12(4-6-13)16(19)27/h3-6,14H,2,7-11H2,1H3,(H2,19,27)(H,20,23,24). The van der Waals surface area contributed by atoms with Gasteiger partial charge in [0.15, 0.2) is 0 Å². The van der Waals surface area contributed by atoms with Crippen LogP contribution in [0.2, 0.25) is 0 Å². The second-order valence-corrected chi connectivity index (χ2v) is 6.44. The van der Waals surface area contributed by atoms with E-state index in [4.69, 9.17) is 27.4 Å². The van der Waals surface area contributed by atoms with Crippen molar-refractivity contribution in [2.24, 2.45) is 5.73 Å². The number of hydrogen-bond donors (Lipinski definition) is 2. The Kier molecular flexibility index (Phi) is 7.68. The Morgan fingerprint density at radius 2 is 1.78 bits per heavy atom. The van der Waals surface area contributed by atoms with E-state index in [9.17, 15) is 14.4 Å². The zero-order valence-corrected chi connectivity index (χ0v) is 15.9. The Labute approximate surface area is 163 Å². The molecular formula is C18H23N3O5S. The zero-order valence-electron chi connectivity index (χ0n) is 15.1. The van der Waals surface area contributed by atoms with E-state index in [1.807, 2.05) is 0 Å². The number of piperidine rings is 1. The monoisotopic (exact) mass is 393 g/mol. The van der Waals surface area contributed by atoms with Crippen molar-refractivity contribution in [2.45, 2.75) is 25.9 Å². The minimum atomic E-state index is -0.491. The van der Waals surface area contributed by atoms with E-state index in [1.54, 1.807) is 36.1 Å². The summed E-state index contributed by atoms with van der Waals surface area (Å²) < 4.78 is 10.3. The van der Waals surface area contributed by atoms with Crippen molar-refractivity contribution in [3.05, 3.63) is 35.4 Å². The average Bonchev–Trinajstić information content (AvgIpc) is 2.67. The van der Waals surface area contributed by atoms with Crippen LogP contribution >= 0.6 is 12.2 Å². The van der Waals surface area contributed by atoms with Gasteiger partial charge in [0.1, 0.15) is 11.6 Å². The Hall–Kier alpha value is -2.52. The summed E-state index contributed by atoms with van der Waals surface area (Å²) in [4.78, 5) is 37.5. The summed E-state index contributed by atoms with van der Waals surface area (Å²) in [6.45, 7) is 2.83. The van der Waals surface area contributed by atoms with Crippen molar-refractivity contribution < 1.29 is 23.9 Å². The summed E-state index contributed by atoms with van der Waals surface area (Å²) in [5, 5.41) is 2.37. The number of esters is 1. The lowest BCUT2D eigenvalue weighted by Gasteiger charge is -2.31. The predicted molar refractivity (Wildman–Crippen MR) is 102 cm³/mol. The molecule has 0 radical (unpaired) electrons. The van der Waals surface area contributed by atoms with E-state index in [2.05, 4.69) is 5.32 Å². The Morgan fingerprint density at radius 1 is 1.19 bits per heavy atom. The van der Waals surface area contributed by atoms with Crippen molar-refractivity contribution in [3.63, 3.8) is 0 Å². The summed E-state index contributed by atoms with van der Waals surface area (Å²) in [7, 11) is 0. The number of carbonyl (C=O) groups excluding carboxylic acids is 3. The molecule has 0 spiro atoms. The summed E-state index contributed by atoms with van der Waals surface area (Å²) in [5.41, 5.74) is 6.51. The first-order valence-corrected chi connectivity index (χ1v) is 9.09. The Bertz CT molecular complexity index is 699. The number of rotatable bonds is 6. The molecule has 0 unspecified atom stereocenters. The van der Waals surface area contributed by atoms with Gasteiger partial charge in [-0.3, -0.25) is 10.1 Å². The Balaban J connectivity index is 1.77. The lowest BCUT2D eigenvalue weighted by molar-refractivity contribution is -0.151. The third-order valence-corrected chi connectivity index (χ3v) is 4.36. The first-order chi connectivity index (χ1) is 12.9. The van der Waals surface area contributed by atoms with E-state index in [-0.39, 0.29) is 17.7 Å². The molecule has 0 bridgehead atoms. The third-order valence-electron chi connectivity index (χ3n) is 4.12. The largest absolute Gasteiger partial charge is 0.464 e. The lowest BCUT2D eigenvalue weighted by Crippen LogP contribution is -2.47. The van der Waals surface area contributed by atoms with Crippen molar-refractivity contribution in [3.8, 4) is 0 Å². The van der Waals surface area contributed by atoms with Gasteiger partial charge in [0, 0.05) is 24.2 Å². The van der Waals surface area contributed by atoms with Gasteiger partial charge in [0.05, 0.1) is 12.7 Å². The van der Waals surface area contributed by atoms with Crippen LogP contribution in [0.5, 0.6) is 0 Å². The van der Waals surface area contributed by atoms with Gasteiger partial charge in [-0.05, 0) is 31.9 Å². The fourth-order valence-corrected chi connectivity index (χ4v) is 2.78. The van der Waals surface area contributed by atoms with Crippen molar-refractivity contribution in [1.29, 1.82) is 0 Å². The molecule has 0 aliphatic carbocycles. The number of ether oxygens (including phenoxy) is 2. The SMILES string of the molecule is CCOC(=O)COC1CCN(C(=O)NC(=O)c2ccc(C(N)=S)cc2)CC1. The number of urea groups is 1. The highest BCUT2D eigenvalue weighted by Crippen LogP contribution is 2.14. The average molecular weight is 393 g/mol. The summed E-state index contributed by atoms with van der Waals surface area (Å²) in [6, 6.07) is 5.93. The number of nitrogens with zero attached hydrogens (tertiary/aromatic N) is 1. The molecule has 1 fully saturated rings. The van der Waals surface area contributed by atoms with E-state index in [0.29, 0.717) is 43.7 Å². The number of benzene rings is 1. The van der Waals surface area contributed by atoms with Crippen LogP contribution in [-0.2, 0) is 14.3 Å². The molecule has 1 aromatic carbocycles. The van der Waals surface area contributed by atoms with Gasteiger partial charge in [-0.15, -0.1) is 0 Å². The second-order valence-electron chi connectivity index (χ2n) is 6.00. The van der Waals surface area contributed by atoms with Crippen LogP contribution in [0.4, 0.5) is 4.79 Å². The highest BCUT2D eigenvalue weighted by Gasteiger charge is 2.25. The third kappa shape index (κ3) is 6.30. The number of carbonyl (C=O) groups is 3. The highest BCUT2D eigenvalue weighted by atomic mass is 32.1. The number of thiocarbonyl (C=S) groups is 1. The molecule has 0 aromatic heterocycles. The molecule has 27 heavy (non-hydrogen) atoms. The van der Waals surface area contributed by atoms with Crippen LogP contribution in [-0.4, -0.2) is 60.2 Å². The molecule has 3 N–H and O–H groups in total. The first-order valence-electron chi connectivity index (χ1n) is 8.68. The fraction of sp³-hybridized carbons (Fsp3) is 0.444. The van der Waals surface area contributed by atoms with Crippen LogP contribution in [0.1, 0.15) is 35.7 Å². The molecule has 1 aliphatic rings. The highest BCUT2D eigenvalue weighted by molar-refractivity contribution is 7.80. The number of amides is 3. The number of nitrogens with one attached hydrogen (secondary N) is 1. The van der Waals surface area contributed by atoms with Gasteiger partial charge < -0.3 is 20.1 Å². The molecule has 1 aromatic rings. The molecule has 146 valence electrons. The van der Waals surface area contributed by atoms with Crippen LogP contribution in [0.3, 0.4) is 0 Å². The fourth-order valence-electron chi connectivity index (χ4n) is 2.65. The van der Waals surface area contributed by atoms with Crippen LogP contribution in [0.15, 0.2) is 24.3 Å². The van der Waals surface area contributed by atoms with Crippen LogP contribution in [0.25, 0.3) is 0 Å². The van der Waals surface area contributed by atoms with Crippen LogP contribution < -0.4 is 11.1 Å². The zero-order chi connectivity index (χ0) is 19.8.